The monoisotopic (exact) mass is 800 g/mol. The van der Waals surface area contributed by atoms with E-state index >= 15 is 0 Å². The average molecular weight is 801 g/mol. The lowest BCUT2D eigenvalue weighted by Gasteiger charge is -2.35. The first kappa shape index (κ1) is 21.8. The lowest BCUT2D eigenvalue weighted by Crippen LogP contribution is -2.28. The number of hydrogen-bond donors (Lipinski definition) is 0. The molecule has 10 aromatic rings. The van der Waals surface area contributed by atoms with Crippen LogP contribution in [-0.4, -0.2) is 0 Å². The summed E-state index contributed by atoms with van der Waals surface area (Å²) in [6.07, 6.45) is 0. The molecular formula is C58H41NS. The maximum atomic E-state index is 10.8. The Bertz CT molecular complexity index is 4190. The molecule has 60 heavy (non-hydrogen) atoms. The van der Waals surface area contributed by atoms with E-state index in [1.54, 1.807) is 22.3 Å². The number of nitrogens with zero attached hydrogens (tertiary/aromatic N) is 1. The van der Waals surface area contributed by atoms with Gasteiger partial charge >= 0.3 is 0 Å². The van der Waals surface area contributed by atoms with Crippen molar-refractivity contribution in [3.63, 3.8) is 0 Å². The first-order valence-corrected chi connectivity index (χ1v) is 20.4. The number of thiophene rings is 1. The Morgan fingerprint density at radius 1 is 0.450 bits per heavy atom. The summed E-state index contributed by atoms with van der Waals surface area (Å²) in [5, 5.41) is 2.12. The minimum atomic E-state index is -2.96. The van der Waals surface area contributed by atoms with Crippen LogP contribution in [0.2, 0.25) is 0 Å². The van der Waals surface area contributed by atoms with Crippen LogP contribution in [0.4, 0.5) is 17.1 Å². The van der Waals surface area contributed by atoms with Gasteiger partial charge in [0.25, 0.3) is 0 Å². The maximum absolute atomic E-state index is 10.8. The van der Waals surface area contributed by atoms with Crippen LogP contribution < -0.4 is 4.90 Å². The van der Waals surface area contributed by atoms with E-state index < -0.39 is 147 Å². The number of benzene rings is 9. The molecule has 0 spiro atoms. The second-order valence-electron chi connectivity index (χ2n) is 15.5. The Balaban J connectivity index is 1.27. The van der Waals surface area contributed by atoms with Crippen molar-refractivity contribution in [3.05, 3.63) is 245 Å². The molecule has 0 aliphatic heterocycles. The van der Waals surface area contributed by atoms with Gasteiger partial charge in [-0.3, -0.25) is 0 Å². The lowest BCUT2D eigenvalue weighted by atomic mass is 9.67. The van der Waals surface area contributed by atoms with Crippen molar-refractivity contribution in [1.82, 2.24) is 0 Å². The van der Waals surface area contributed by atoms with E-state index in [1.165, 1.54) is 0 Å². The molecule has 1 heterocycles. The van der Waals surface area contributed by atoms with Gasteiger partial charge in [0.05, 0.1) is 28.7 Å². The zero-order valence-electron chi connectivity index (χ0n) is 49.2. The Hall–Kier alpha value is -7.00. The van der Waals surface area contributed by atoms with Crippen molar-refractivity contribution >= 4 is 48.6 Å². The van der Waals surface area contributed by atoms with Crippen LogP contribution in [0.3, 0.4) is 0 Å². The smallest absolute Gasteiger partial charge is 0.0714 e. The fourth-order valence-corrected chi connectivity index (χ4v) is 10.6. The number of rotatable bonds is 6. The standard InChI is InChI=1S/C58H41NS/c1-57(2)51-28-12-9-23-45(51)47-33-31-42(36-53(47)57)59(41-22-15-17-38(35-41)44-26-16-27-50-49-25-11-14-30-55(49)60-56(44)50)43-32-34-48-46-24-10-13-29-52(46)58(54(48)37-43,39-18-5-3-6-19-39)40-20-7-4-8-21-40/h3-37H,1-2H3/i3D,4D,5D,6D,7D,8D,10D,13D,18D,19D,20D,21D,24D,29D,32D,34D,37D. The summed E-state index contributed by atoms with van der Waals surface area (Å²) >= 11 is 1.63. The lowest BCUT2D eigenvalue weighted by molar-refractivity contribution is 0.660. The summed E-state index contributed by atoms with van der Waals surface area (Å²) in [4.78, 5) is 1.61. The first-order valence-electron chi connectivity index (χ1n) is 28.0. The quantitative estimate of drug-likeness (QED) is 0.162. The molecule has 0 unspecified atom stereocenters. The molecule has 2 heteroatoms. The fourth-order valence-electron chi connectivity index (χ4n) is 9.41. The van der Waals surface area contributed by atoms with Gasteiger partial charge in [0.15, 0.2) is 0 Å². The molecule has 0 radical (unpaired) electrons. The summed E-state index contributed by atoms with van der Waals surface area (Å²) < 4.78 is 162. The van der Waals surface area contributed by atoms with E-state index in [-0.39, 0.29) is 5.69 Å². The molecule has 0 saturated carbocycles. The van der Waals surface area contributed by atoms with E-state index in [1.807, 2.05) is 78.9 Å². The Labute approximate surface area is 379 Å². The van der Waals surface area contributed by atoms with Crippen molar-refractivity contribution in [2.45, 2.75) is 24.7 Å². The van der Waals surface area contributed by atoms with Crippen molar-refractivity contribution in [2.24, 2.45) is 0 Å². The number of anilines is 3. The summed E-state index contributed by atoms with van der Waals surface area (Å²) in [5.74, 6) is 0. The highest BCUT2D eigenvalue weighted by atomic mass is 32.1. The van der Waals surface area contributed by atoms with Gasteiger partial charge in [-0.25, -0.2) is 0 Å². The first-order chi connectivity index (χ1) is 36.6. The molecule has 1 nitrogen and oxygen atoms in total. The third kappa shape index (κ3) is 4.98. The summed E-state index contributed by atoms with van der Waals surface area (Å²) in [6, 6.07) is 20.6. The number of hydrogen-bond acceptors (Lipinski definition) is 2. The third-order valence-electron chi connectivity index (χ3n) is 12.1. The molecule has 284 valence electrons. The van der Waals surface area contributed by atoms with E-state index in [9.17, 15) is 12.3 Å². The molecule has 0 amide bonds. The molecule has 0 atom stereocenters. The summed E-state index contributed by atoms with van der Waals surface area (Å²) in [5.41, 5.74) is -1.24. The molecule has 12 rings (SSSR count). The second kappa shape index (κ2) is 13.3. The zero-order valence-corrected chi connectivity index (χ0v) is 33.1. The predicted molar refractivity (Wildman–Crippen MR) is 254 cm³/mol. The van der Waals surface area contributed by atoms with E-state index in [0.717, 1.165) is 53.6 Å². The Kier molecular flexibility index (Phi) is 4.83. The molecule has 2 aliphatic rings. The maximum Gasteiger partial charge on any atom is 0.0714 e. The Morgan fingerprint density at radius 2 is 1.10 bits per heavy atom. The SMILES string of the molecule is [2H]c1c([2H])c([2H])c(C2(c3c([2H])c([2H])c([2H])c([2H])c3[2H])c3c([2H])c([2H])c([2H])c([2H])c3-c3c([2H])c([2H])c(N(c4cccc(-c5cccc6c5sc5ccccc56)c4)c4ccc5c(c4)C(C)(C)c4ccccc4-5)c([2H])c32)c([2H])c1[2H]. The third-order valence-corrected chi connectivity index (χ3v) is 13.3. The van der Waals surface area contributed by atoms with Crippen LogP contribution in [0, 0.1) is 0 Å². The number of fused-ring (bicyclic) bond motifs is 9. The van der Waals surface area contributed by atoms with Gasteiger partial charge in [-0.15, -0.1) is 11.3 Å². The van der Waals surface area contributed by atoms with Crippen LogP contribution in [0.5, 0.6) is 0 Å². The normalized spacial score (nSPS) is 18.1. The molecule has 9 aromatic carbocycles. The van der Waals surface area contributed by atoms with E-state index in [0.29, 0.717) is 11.4 Å². The zero-order chi connectivity index (χ0) is 54.8. The predicted octanol–water partition coefficient (Wildman–Crippen LogP) is 15.9. The van der Waals surface area contributed by atoms with Crippen molar-refractivity contribution in [1.29, 1.82) is 0 Å². The van der Waals surface area contributed by atoms with E-state index in [2.05, 4.69) is 38.1 Å². The van der Waals surface area contributed by atoms with Crippen LogP contribution >= 0.6 is 11.3 Å². The molecule has 0 N–H and O–H groups in total. The van der Waals surface area contributed by atoms with Crippen LogP contribution in [0.25, 0.3) is 53.6 Å². The molecule has 1 aromatic heterocycles. The average Bonchev–Trinajstić information content (AvgIpc) is 3.06. The van der Waals surface area contributed by atoms with Crippen LogP contribution in [0.15, 0.2) is 212 Å². The van der Waals surface area contributed by atoms with Gasteiger partial charge in [-0.2, -0.15) is 0 Å². The van der Waals surface area contributed by atoms with Crippen molar-refractivity contribution < 1.29 is 23.3 Å². The molecule has 0 fully saturated rings. The second-order valence-corrected chi connectivity index (χ2v) is 16.6. The molecule has 0 saturated heterocycles. The highest BCUT2D eigenvalue weighted by molar-refractivity contribution is 7.26. The molecule has 2 aliphatic carbocycles. The molecule has 0 bridgehead atoms. The van der Waals surface area contributed by atoms with Crippen LogP contribution in [0.1, 0.15) is 70.5 Å². The summed E-state index contributed by atoms with van der Waals surface area (Å²) in [7, 11) is 0. The van der Waals surface area contributed by atoms with Crippen molar-refractivity contribution in [3.8, 4) is 33.4 Å². The van der Waals surface area contributed by atoms with Crippen molar-refractivity contribution in [2.75, 3.05) is 4.90 Å². The highest BCUT2D eigenvalue weighted by Gasteiger charge is 2.46. The van der Waals surface area contributed by atoms with Gasteiger partial charge in [0.1, 0.15) is 0 Å². The van der Waals surface area contributed by atoms with Gasteiger partial charge < -0.3 is 4.90 Å². The van der Waals surface area contributed by atoms with Gasteiger partial charge in [-0.1, -0.05) is 183 Å². The molecular weight excluding hydrogens is 743 g/mol. The Morgan fingerprint density at radius 3 is 1.93 bits per heavy atom. The summed E-state index contributed by atoms with van der Waals surface area (Å²) in [6.45, 7) is 4.18. The minimum absolute atomic E-state index is 0.314. The van der Waals surface area contributed by atoms with Crippen LogP contribution in [-0.2, 0) is 10.8 Å². The van der Waals surface area contributed by atoms with E-state index in [4.69, 9.17) is 11.0 Å². The highest BCUT2D eigenvalue weighted by Crippen LogP contribution is 2.58. The van der Waals surface area contributed by atoms with Gasteiger partial charge in [0.2, 0.25) is 0 Å². The topological polar surface area (TPSA) is 3.24 Å². The van der Waals surface area contributed by atoms with Gasteiger partial charge in [0, 0.05) is 42.6 Å². The largest absolute Gasteiger partial charge is 0.310 e. The van der Waals surface area contributed by atoms with Gasteiger partial charge in [-0.05, 0) is 109 Å². The fraction of sp³-hybridized carbons (Fsp3) is 0.0690. The minimum Gasteiger partial charge on any atom is -0.310 e.